The van der Waals surface area contributed by atoms with Gasteiger partial charge in [0.25, 0.3) is 0 Å². The lowest BCUT2D eigenvalue weighted by Crippen LogP contribution is -2.43. The molecule has 0 aromatic rings. The average molecular weight is 219 g/mol. The van der Waals surface area contributed by atoms with Crippen LogP contribution in [0, 0.1) is 5.92 Å². The predicted octanol–water partition coefficient (Wildman–Crippen LogP) is 0.965. The van der Waals surface area contributed by atoms with Gasteiger partial charge in [-0.2, -0.15) is 11.8 Å². The monoisotopic (exact) mass is 219 g/mol. The fourth-order valence-electron chi connectivity index (χ4n) is 0.978. The van der Waals surface area contributed by atoms with Crippen LogP contribution in [0.5, 0.6) is 0 Å². The number of rotatable bonds is 6. The summed E-state index contributed by atoms with van der Waals surface area (Å²) in [6.07, 6.45) is 2.32. The van der Waals surface area contributed by atoms with Crippen molar-refractivity contribution in [3.05, 3.63) is 0 Å². The van der Waals surface area contributed by atoms with Gasteiger partial charge in [-0.1, -0.05) is 13.8 Å². The second-order valence-electron chi connectivity index (χ2n) is 3.16. The molecular weight excluding hydrogens is 202 g/mol. The summed E-state index contributed by atoms with van der Waals surface area (Å²) in [7, 11) is 0. The molecule has 4 nitrogen and oxygen atoms in total. The highest BCUT2D eigenvalue weighted by Crippen LogP contribution is 2.05. The van der Waals surface area contributed by atoms with Crippen LogP contribution in [0.4, 0.5) is 0 Å². The number of carboxylic acid groups (broad SMARTS) is 1. The van der Waals surface area contributed by atoms with Gasteiger partial charge in [0.1, 0.15) is 6.04 Å². The third-order valence-corrected chi connectivity index (χ3v) is 2.72. The van der Waals surface area contributed by atoms with Crippen LogP contribution in [0.15, 0.2) is 0 Å². The van der Waals surface area contributed by atoms with E-state index in [1.54, 1.807) is 25.6 Å². The van der Waals surface area contributed by atoms with Crippen molar-refractivity contribution < 1.29 is 14.7 Å². The van der Waals surface area contributed by atoms with Crippen LogP contribution < -0.4 is 5.32 Å². The number of hydrogen-bond acceptors (Lipinski definition) is 3. The number of hydrogen-bond donors (Lipinski definition) is 2. The Balaban J connectivity index is 4.08. The smallest absolute Gasteiger partial charge is 0.326 e. The highest BCUT2D eigenvalue weighted by atomic mass is 32.2. The topological polar surface area (TPSA) is 66.4 Å². The fourth-order valence-corrected chi connectivity index (χ4v) is 1.63. The van der Waals surface area contributed by atoms with Crippen molar-refractivity contribution in [3.8, 4) is 0 Å². The summed E-state index contributed by atoms with van der Waals surface area (Å²) in [4.78, 5) is 22.0. The molecule has 2 atom stereocenters. The SMILES string of the molecule is CCC(NC(=O)C(C)CSC)C(=O)O. The van der Waals surface area contributed by atoms with Crippen molar-refractivity contribution in [1.29, 1.82) is 0 Å². The van der Waals surface area contributed by atoms with Crippen molar-refractivity contribution in [2.45, 2.75) is 26.3 Å². The molecule has 82 valence electrons. The zero-order chi connectivity index (χ0) is 11.1. The van der Waals surface area contributed by atoms with Crippen LogP contribution >= 0.6 is 11.8 Å². The van der Waals surface area contributed by atoms with Crippen LogP contribution in [-0.2, 0) is 9.59 Å². The lowest BCUT2D eigenvalue weighted by molar-refractivity contribution is -0.142. The minimum atomic E-state index is -0.975. The summed E-state index contributed by atoms with van der Waals surface area (Å²) in [5.74, 6) is -0.591. The van der Waals surface area contributed by atoms with Crippen molar-refractivity contribution in [1.82, 2.24) is 5.32 Å². The Morgan fingerprint density at radius 2 is 2.07 bits per heavy atom. The van der Waals surface area contributed by atoms with Gasteiger partial charge in [0.2, 0.25) is 5.91 Å². The minimum Gasteiger partial charge on any atom is -0.480 e. The number of aliphatic carboxylic acids is 1. The molecule has 2 N–H and O–H groups in total. The first kappa shape index (κ1) is 13.3. The Morgan fingerprint density at radius 1 is 1.50 bits per heavy atom. The van der Waals surface area contributed by atoms with E-state index in [1.807, 2.05) is 6.26 Å². The second kappa shape index (κ2) is 6.70. The van der Waals surface area contributed by atoms with E-state index in [2.05, 4.69) is 5.32 Å². The standard InChI is InChI=1S/C9H17NO3S/c1-4-7(9(12)13)10-8(11)6(2)5-14-3/h6-7H,4-5H2,1-3H3,(H,10,11)(H,12,13). The second-order valence-corrected chi connectivity index (χ2v) is 4.07. The normalized spacial score (nSPS) is 14.5. The van der Waals surface area contributed by atoms with Crippen LogP contribution in [0.2, 0.25) is 0 Å². The maximum atomic E-state index is 11.4. The maximum Gasteiger partial charge on any atom is 0.326 e. The first-order valence-corrected chi connectivity index (χ1v) is 5.94. The van der Waals surface area contributed by atoms with Crippen LogP contribution in [0.3, 0.4) is 0 Å². The highest BCUT2D eigenvalue weighted by molar-refractivity contribution is 7.98. The minimum absolute atomic E-state index is 0.140. The number of carbonyl (C=O) groups is 2. The lowest BCUT2D eigenvalue weighted by atomic mass is 10.1. The molecular formula is C9H17NO3S. The molecule has 0 rings (SSSR count). The number of carbonyl (C=O) groups excluding carboxylic acids is 1. The van der Waals surface area contributed by atoms with Gasteiger partial charge in [-0.15, -0.1) is 0 Å². The molecule has 0 heterocycles. The molecule has 0 aliphatic heterocycles. The van der Waals surface area contributed by atoms with E-state index in [4.69, 9.17) is 5.11 Å². The first-order valence-electron chi connectivity index (χ1n) is 4.55. The number of amides is 1. The molecule has 0 fully saturated rings. The largest absolute Gasteiger partial charge is 0.480 e. The molecule has 0 radical (unpaired) electrons. The molecule has 0 aliphatic carbocycles. The molecule has 5 heteroatoms. The van der Waals surface area contributed by atoms with Crippen LogP contribution in [0.1, 0.15) is 20.3 Å². The quantitative estimate of drug-likeness (QED) is 0.698. The van der Waals surface area contributed by atoms with Gasteiger partial charge in [0.15, 0.2) is 0 Å². The van der Waals surface area contributed by atoms with Gasteiger partial charge >= 0.3 is 5.97 Å². The van der Waals surface area contributed by atoms with Gasteiger partial charge in [-0.3, -0.25) is 4.79 Å². The molecule has 0 aliphatic rings. The van der Waals surface area contributed by atoms with Gasteiger partial charge in [-0.05, 0) is 12.7 Å². The number of carboxylic acids is 1. The van der Waals surface area contributed by atoms with Gasteiger partial charge < -0.3 is 10.4 Å². The van der Waals surface area contributed by atoms with E-state index in [0.29, 0.717) is 12.2 Å². The summed E-state index contributed by atoms with van der Waals surface area (Å²) in [5.41, 5.74) is 0. The number of thioether (sulfide) groups is 1. The Labute approximate surface area is 88.4 Å². The molecule has 0 saturated heterocycles. The first-order chi connectivity index (χ1) is 6.52. The van der Waals surface area contributed by atoms with Crippen molar-refractivity contribution >= 4 is 23.6 Å². The van der Waals surface area contributed by atoms with E-state index in [0.717, 1.165) is 0 Å². The number of nitrogens with one attached hydrogen (secondary N) is 1. The van der Waals surface area contributed by atoms with E-state index in [-0.39, 0.29) is 11.8 Å². The molecule has 0 aromatic heterocycles. The Bertz CT molecular complexity index is 208. The lowest BCUT2D eigenvalue weighted by Gasteiger charge is -2.15. The maximum absolute atomic E-state index is 11.4. The van der Waals surface area contributed by atoms with Crippen LogP contribution in [-0.4, -0.2) is 35.0 Å². The molecule has 0 bridgehead atoms. The fraction of sp³-hybridized carbons (Fsp3) is 0.778. The molecule has 1 amide bonds. The van der Waals surface area contributed by atoms with Gasteiger partial charge in [-0.25, -0.2) is 4.79 Å². The summed E-state index contributed by atoms with van der Waals surface area (Å²) in [6, 6.07) is -0.758. The predicted molar refractivity (Wildman–Crippen MR) is 57.4 cm³/mol. The Kier molecular flexibility index (Phi) is 6.36. The third kappa shape index (κ3) is 4.50. The summed E-state index contributed by atoms with van der Waals surface area (Å²) in [5, 5.41) is 11.2. The van der Waals surface area contributed by atoms with Crippen molar-refractivity contribution in [2.24, 2.45) is 5.92 Å². The summed E-state index contributed by atoms with van der Waals surface area (Å²) in [6.45, 7) is 3.53. The van der Waals surface area contributed by atoms with Gasteiger partial charge in [0, 0.05) is 11.7 Å². The average Bonchev–Trinajstić information content (AvgIpc) is 2.13. The van der Waals surface area contributed by atoms with Gasteiger partial charge in [0.05, 0.1) is 0 Å². The molecule has 2 unspecified atom stereocenters. The zero-order valence-corrected chi connectivity index (χ0v) is 9.56. The van der Waals surface area contributed by atoms with E-state index in [1.165, 1.54) is 0 Å². The third-order valence-electron chi connectivity index (χ3n) is 1.89. The summed E-state index contributed by atoms with van der Waals surface area (Å²) >= 11 is 1.57. The van der Waals surface area contributed by atoms with E-state index < -0.39 is 12.0 Å². The molecule has 0 aromatic carbocycles. The summed E-state index contributed by atoms with van der Waals surface area (Å²) < 4.78 is 0. The molecule has 0 saturated carbocycles. The van der Waals surface area contributed by atoms with Crippen molar-refractivity contribution in [2.75, 3.05) is 12.0 Å². The highest BCUT2D eigenvalue weighted by Gasteiger charge is 2.20. The zero-order valence-electron chi connectivity index (χ0n) is 8.74. The van der Waals surface area contributed by atoms with E-state index >= 15 is 0 Å². The van der Waals surface area contributed by atoms with Crippen molar-refractivity contribution in [3.63, 3.8) is 0 Å². The Morgan fingerprint density at radius 3 is 2.43 bits per heavy atom. The molecule has 14 heavy (non-hydrogen) atoms. The Hall–Kier alpha value is -0.710. The molecule has 0 spiro atoms. The van der Waals surface area contributed by atoms with E-state index in [9.17, 15) is 9.59 Å². The van der Waals surface area contributed by atoms with Crippen LogP contribution in [0.25, 0.3) is 0 Å².